The molecule has 3 atom stereocenters. The van der Waals surface area contributed by atoms with Crippen molar-refractivity contribution in [2.75, 3.05) is 49.5 Å². The Hall–Kier alpha value is -5.43. The minimum Gasteiger partial charge on any atom is -0.463 e. The third-order valence-corrected chi connectivity index (χ3v) is 13.3. The number of benzene rings is 1. The Labute approximate surface area is 362 Å². The van der Waals surface area contributed by atoms with Crippen LogP contribution in [0.4, 0.5) is 29.2 Å². The van der Waals surface area contributed by atoms with E-state index in [-0.39, 0.29) is 80.2 Å². The van der Waals surface area contributed by atoms with Gasteiger partial charge in [-0.25, -0.2) is 24.9 Å². The molecular weight excluding hydrogens is 821 g/mol. The maximum Gasteiger partial charge on any atom is 0.412 e. The van der Waals surface area contributed by atoms with Gasteiger partial charge >= 0.3 is 18.2 Å². The predicted octanol–water partition coefficient (Wildman–Crippen LogP) is 8.17. The molecule has 3 saturated heterocycles. The third kappa shape index (κ3) is 7.81. The summed E-state index contributed by atoms with van der Waals surface area (Å²) >= 11 is 0.834. The van der Waals surface area contributed by atoms with Crippen molar-refractivity contribution < 1.29 is 37.3 Å². The first-order valence-corrected chi connectivity index (χ1v) is 21.9. The number of hydrogen-bond donors (Lipinski definition) is 1. The van der Waals surface area contributed by atoms with Gasteiger partial charge < -0.3 is 33.6 Å². The van der Waals surface area contributed by atoms with Crippen LogP contribution < -0.4 is 15.0 Å². The first-order chi connectivity index (χ1) is 29.4. The van der Waals surface area contributed by atoms with Crippen LogP contribution in [0.5, 0.6) is 6.01 Å². The van der Waals surface area contributed by atoms with E-state index in [9.17, 15) is 14.9 Å². The Morgan fingerprint density at radius 1 is 1.03 bits per heavy atom. The highest BCUT2D eigenvalue weighted by Gasteiger charge is 2.48. The number of fused-ring (bicyclic) bond motifs is 6. The number of ether oxygens (including phenoxy) is 4. The molecule has 1 saturated carbocycles. The molecule has 1 aromatic carbocycles. The number of anilines is 2. The molecule has 4 aromatic rings. The van der Waals surface area contributed by atoms with Crippen molar-refractivity contribution in [2.24, 2.45) is 5.41 Å². The molecule has 2 amide bonds. The van der Waals surface area contributed by atoms with Crippen molar-refractivity contribution in [3.63, 3.8) is 0 Å². The van der Waals surface area contributed by atoms with Gasteiger partial charge in [0.2, 0.25) is 6.04 Å². The van der Waals surface area contributed by atoms with Crippen molar-refractivity contribution in [3.05, 3.63) is 45.9 Å². The van der Waals surface area contributed by atoms with Gasteiger partial charge in [-0.2, -0.15) is 15.2 Å². The number of nitrogens with zero attached hydrogens (tertiary/aromatic N) is 8. The second-order valence-electron chi connectivity index (χ2n) is 19.2. The first-order valence-electron chi connectivity index (χ1n) is 21.1. The fourth-order valence-corrected chi connectivity index (χ4v) is 10.4. The first kappa shape index (κ1) is 41.9. The lowest BCUT2D eigenvalue weighted by Crippen LogP contribution is -2.56. The fraction of sp³-hybridized carbons (Fsp3) is 0.568. The molecular formula is C44H49F2N9O6S. The molecule has 3 aromatic heterocycles. The average Bonchev–Trinajstić information content (AvgIpc) is 3.54. The molecule has 15 nitrogen and oxygen atoms in total. The number of nitrogens with one attached hydrogen (secondary N) is 1. The van der Waals surface area contributed by atoms with Gasteiger partial charge in [0.05, 0.1) is 53.9 Å². The van der Waals surface area contributed by atoms with Gasteiger partial charge in [-0.15, -0.1) is 11.3 Å². The second kappa shape index (κ2) is 15.4. The van der Waals surface area contributed by atoms with E-state index >= 15 is 8.78 Å². The number of rotatable bonds is 8. The van der Waals surface area contributed by atoms with Gasteiger partial charge in [0.25, 0.3) is 0 Å². The summed E-state index contributed by atoms with van der Waals surface area (Å²) < 4.78 is 57.3. The van der Waals surface area contributed by atoms with E-state index in [2.05, 4.69) is 31.0 Å². The monoisotopic (exact) mass is 869 g/mol. The third-order valence-electron chi connectivity index (χ3n) is 12.2. The number of carbonyl (C=O) groups excluding carboxylic acids is 2. The zero-order valence-corrected chi connectivity index (χ0v) is 36.5. The molecule has 62 heavy (non-hydrogen) atoms. The zero-order chi connectivity index (χ0) is 43.9. The number of carbonyl (C=O) groups is 2. The molecule has 2 unspecified atom stereocenters. The molecule has 1 N–H and O–H groups in total. The molecule has 0 radical (unpaired) electrons. The number of amides is 2. The molecule has 2 bridgehead atoms. The van der Waals surface area contributed by atoms with Crippen LogP contribution in [0.2, 0.25) is 0 Å². The summed E-state index contributed by atoms with van der Waals surface area (Å²) in [6.45, 7) is 21.6. The van der Waals surface area contributed by atoms with Crippen molar-refractivity contribution in [1.29, 1.82) is 5.26 Å². The van der Waals surface area contributed by atoms with E-state index in [1.807, 2.05) is 20.8 Å². The van der Waals surface area contributed by atoms with Crippen LogP contribution in [0.15, 0.2) is 6.20 Å². The van der Waals surface area contributed by atoms with Gasteiger partial charge in [-0.3, -0.25) is 15.2 Å². The largest absolute Gasteiger partial charge is 0.463 e. The van der Waals surface area contributed by atoms with Crippen molar-refractivity contribution in [1.82, 2.24) is 24.8 Å². The Morgan fingerprint density at radius 3 is 2.39 bits per heavy atom. The number of likely N-dealkylation sites (tertiary alicyclic amines) is 2. The molecule has 4 fully saturated rings. The van der Waals surface area contributed by atoms with Crippen LogP contribution in [-0.2, 0) is 27.4 Å². The maximum atomic E-state index is 17.9. The van der Waals surface area contributed by atoms with Gasteiger partial charge in [0.1, 0.15) is 33.6 Å². The van der Waals surface area contributed by atoms with E-state index < -0.39 is 35.0 Å². The molecule has 1 aliphatic carbocycles. The Morgan fingerprint density at radius 2 is 1.74 bits per heavy atom. The number of pyridine rings is 1. The highest BCUT2D eigenvalue weighted by atomic mass is 32.1. The second-order valence-corrected chi connectivity index (χ2v) is 20.2. The molecule has 5 aliphatic rings. The van der Waals surface area contributed by atoms with Crippen LogP contribution in [0, 0.1) is 35.0 Å². The van der Waals surface area contributed by atoms with Crippen LogP contribution in [0.1, 0.15) is 90.3 Å². The van der Waals surface area contributed by atoms with E-state index in [0.29, 0.717) is 42.0 Å². The van der Waals surface area contributed by atoms with E-state index in [0.717, 1.165) is 69.3 Å². The van der Waals surface area contributed by atoms with E-state index in [1.165, 1.54) is 0 Å². The Kier molecular flexibility index (Phi) is 10.4. The fourth-order valence-electron chi connectivity index (χ4n) is 9.34. The molecule has 7 heterocycles. The van der Waals surface area contributed by atoms with Crippen LogP contribution in [-0.4, -0.2) is 106 Å². The highest BCUT2D eigenvalue weighted by Crippen LogP contribution is 2.50. The van der Waals surface area contributed by atoms with Crippen LogP contribution in [0.3, 0.4) is 0 Å². The lowest BCUT2D eigenvalue weighted by Gasteiger charge is -2.42. The highest BCUT2D eigenvalue weighted by molar-refractivity contribution is 7.23. The van der Waals surface area contributed by atoms with Gasteiger partial charge in [0.15, 0.2) is 11.6 Å². The SMILES string of the molecule is [C-]#[N+][C@H]1CCN(CC2(COc3nc(N4C5CCC4CN(C(=O)OC(C)(C)C)C5)c4c5c(c(-c6ncc(F)c7sc(NC(=O)OC(C)(C)C)c(C#N)c67)c(F)c4n3)COC5)CC2)C1. The Balaban J connectivity index is 1.16. The topological polar surface area (TPSA) is 160 Å². The summed E-state index contributed by atoms with van der Waals surface area (Å²) in [7, 11) is 0. The minimum absolute atomic E-state index is 0.00142. The molecule has 0 spiro atoms. The smallest absolute Gasteiger partial charge is 0.412 e. The van der Waals surface area contributed by atoms with Crippen molar-refractivity contribution in [3.8, 4) is 23.3 Å². The molecule has 18 heteroatoms. The predicted molar refractivity (Wildman–Crippen MR) is 227 cm³/mol. The number of aromatic nitrogens is 3. The maximum absolute atomic E-state index is 17.9. The normalized spacial score (nSPS) is 21.8. The minimum atomic E-state index is -0.843. The Bertz CT molecular complexity index is 2580. The summed E-state index contributed by atoms with van der Waals surface area (Å²) in [5.41, 5.74) is -0.683. The lowest BCUT2D eigenvalue weighted by molar-refractivity contribution is 0.0209. The summed E-state index contributed by atoms with van der Waals surface area (Å²) in [5.74, 6) is -1.03. The van der Waals surface area contributed by atoms with Crippen molar-refractivity contribution >= 4 is 55.3 Å². The number of piperazine rings is 1. The number of nitriles is 1. The van der Waals surface area contributed by atoms with Gasteiger partial charge in [-0.1, -0.05) is 0 Å². The van der Waals surface area contributed by atoms with Gasteiger partial charge in [-0.05, 0) is 78.4 Å². The van der Waals surface area contributed by atoms with Crippen LogP contribution >= 0.6 is 11.3 Å². The number of halogens is 2. The van der Waals surface area contributed by atoms with Gasteiger partial charge in [0, 0.05) is 61.0 Å². The summed E-state index contributed by atoms with van der Waals surface area (Å²) in [6.07, 6.45) is 4.00. The van der Waals surface area contributed by atoms with E-state index in [4.69, 9.17) is 35.5 Å². The standard InChI is InChI=1S/C44H49F2N9O6S/c1-42(2,3)60-40(56)52-38-26(14-47)31-34(49-15-29(45)36(31)62-38)30-27-19-58-20-28(27)32-35(33(30)46)50-39(59-22-44(11-12-44)21-53-13-10-23(16-53)48-7)51-37(32)55-24-8-9-25(55)18-54(17-24)41(57)61-43(4,5)6/h15,23-25H,8-13,16-22H2,1-6H3,(H,52,56)/t23-,24?,25?/m0/s1. The average molecular weight is 870 g/mol. The van der Waals surface area contributed by atoms with E-state index in [1.54, 1.807) is 25.7 Å². The van der Waals surface area contributed by atoms with Crippen LogP contribution in [0.25, 0.3) is 37.1 Å². The molecule has 9 rings (SSSR count). The quantitative estimate of drug-likeness (QED) is 0.170. The summed E-state index contributed by atoms with van der Waals surface area (Å²) in [4.78, 5) is 50.4. The lowest BCUT2D eigenvalue weighted by atomic mass is 9.93. The molecule has 4 aliphatic heterocycles. The summed E-state index contributed by atoms with van der Waals surface area (Å²) in [5, 5.41) is 13.6. The molecule has 326 valence electrons. The number of thiophene rings is 1. The zero-order valence-electron chi connectivity index (χ0n) is 35.7. The summed E-state index contributed by atoms with van der Waals surface area (Å²) in [6, 6.07) is 1.76. The van der Waals surface area contributed by atoms with Crippen molar-refractivity contribution in [2.45, 2.75) is 116 Å². The number of hydrogen-bond acceptors (Lipinski definition) is 13.